The molecule has 0 aliphatic carbocycles. The smallest absolute Gasteiger partial charge is 0.163 e. The number of aliphatic hydroxyl groups is 2. The molecule has 196 valence electrons. The summed E-state index contributed by atoms with van der Waals surface area (Å²) in [6.07, 6.45) is 0.714. The first-order valence-corrected chi connectivity index (χ1v) is 12.2. The molecule has 36 heavy (non-hydrogen) atoms. The Kier molecular flexibility index (Phi) is 10.5. The highest BCUT2D eigenvalue weighted by atomic mass is 79.9. The van der Waals surface area contributed by atoms with Crippen molar-refractivity contribution in [2.75, 3.05) is 64.9 Å². The number of nitrogens with zero attached hydrogens (tertiary/aromatic N) is 4. The maximum atomic E-state index is 14.3. The molecule has 12 heteroatoms. The highest BCUT2D eigenvalue weighted by Crippen LogP contribution is 2.35. The Bertz CT molecular complexity index is 1150. The van der Waals surface area contributed by atoms with Gasteiger partial charge < -0.3 is 25.0 Å². The first kappa shape index (κ1) is 28.3. The number of hydrogen-bond acceptors (Lipinski definition) is 9. The third kappa shape index (κ3) is 7.15. The highest BCUT2D eigenvalue weighted by molar-refractivity contribution is 9.10. The van der Waals surface area contributed by atoms with Crippen molar-refractivity contribution in [3.05, 3.63) is 46.9 Å². The van der Waals surface area contributed by atoms with Gasteiger partial charge in [0.1, 0.15) is 30.7 Å². The molecule has 1 atom stereocenters. The molecule has 2 aromatic carbocycles. The topological polar surface area (TPSA) is 103 Å². The van der Waals surface area contributed by atoms with Crippen molar-refractivity contribution in [2.24, 2.45) is 0 Å². The van der Waals surface area contributed by atoms with Gasteiger partial charge in [-0.05, 0) is 24.3 Å². The van der Waals surface area contributed by atoms with E-state index in [1.165, 1.54) is 19.5 Å². The lowest BCUT2D eigenvalue weighted by Gasteiger charge is -2.35. The summed E-state index contributed by atoms with van der Waals surface area (Å²) in [5, 5.41) is 23.2. The number of nitrogens with one attached hydrogen (secondary N) is 1. The van der Waals surface area contributed by atoms with Gasteiger partial charge in [-0.1, -0.05) is 15.9 Å². The largest absolute Gasteiger partial charge is 0.493 e. The second-order valence-electron chi connectivity index (χ2n) is 8.32. The Balaban J connectivity index is 0.00000361. The number of aliphatic hydroxyl groups excluding tert-OH is 2. The van der Waals surface area contributed by atoms with Crippen LogP contribution in [0.1, 0.15) is 0 Å². The summed E-state index contributed by atoms with van der Waals surface area (Å²) in [4.78, 5) is 13.0. The van der Waals surface area contributed by atoms with Crippen LogP contribution in [-0.2, 0) is 0 Å². The van der Waals surface area contributed by atoms with Crippen LogP contribution in [0.5, 0.6) is 11.5 Å². The van der Waals surface area contributed by atoms with E-state index in [1.807, 2.05) is 0 Å². The van der Waals surface area contributed by atoms with E-state index in [2.05, 4.69) is 41.0 Å². The molecular formula is C24H30BrClFN5O4. The summed E-state index contributed by atoms with van der Waals surface area (Å²) in [7, 11) is 1.53. The third-order valence-electron chi connectivity index (χ3n) is 5.89. The van der Waals surface area contributed by atoms with Gasteiger partial charge >= 0.3 is 0 Å². The number of piperazine rings is 1. The van der Waals surface area contributed by atoms with Gasteiger partial charge in [0.25, 0.3) is 0 Å². The Hall–Kier alpha value is -2.28. The van der Waals surface area contributed by atoms with Crippen LogP contribution in [0.4, 0.5) is 15.9 Å². The standard InChI is InChI=1S/C24H29BrFN5O4.ClH/c1-34-22-11-18-21(27-15-28-24(18)29-20-3-2-16(25)10-19(20)26)12-23(22)35-14-17(33)13-31-6-4-30(5-7-31)8-9-32;/h2-3,10-12,15,17,32-33H,4-9,13-14H2,1H3,(H,27,28,29);1H. The maximum absolute atomic E-state index is 14.3. The van der Waals surface area contributed by atoms with E-state index >= 15 is 0 Å². The highest BCUT2D eigenvalue weighted by Gasteiger charge is 2.20. The molecule has 9 nitrogen and oxygen atoms in total. The Morgan fingerprint density at radius 3 is 2.56 bits per heavy atom. The van der Waals surface area contributed by atoms with Crippen molar-refractivity contribution in [3.63, 3.8) is 0 Å². The van der Waals surface area contributed by atoms with Gasteiger partial charge in [0.15, 0.2) is 11.5 Å². The summed E-state index contributed by atoms with van der Waals surface area (Å²) in [6, 6.07) is 8.19. The molecule has 0 spiro atoms. The van der Waals surface area contributed by atoms with Crippen LogP contribution < -0.4 is 14.8 Å². The van der Waals surface area contributed by atoms with Gasteiger partial charge in [-0.2, -0.15) is 0 Å². The lowest BCUT2D eigenvalue weighted by atomic mass is 10.2. The average molecular weight is 587 g/mol. The minimum Gasteiger partial charge on any atom is -0.493 e. The number of methoxy groups -OCH3 is 1. The molecule has 2 heterocycles. The van der Waals surface area contributed by atoms with Crippen LogP contribution in [-0.4, -0.2) is 95.7 Å². The quantitative estimate of drug-likeness (QED) is 0.331. The van der Waals surface area contributed by atoms with Crippen molar-refractivity contribution >= 4 is 50.7 Å². The minimum absolute atomic E-state index is 0. The monoisotopic (exact) mass is 585 g/mol. The minimum atomic E-state index is -0.678. The van der Waals surface area contributed by atoms with Gasteiger partial charge in [-0.15, -0.1) is 12.4 Å². The number of rotatable bonds is 10. The predicted molar refractivity (Wildman–Crippen MR) is 142 cm³/mol. The Labute approximate surface area is 223 Å². The molecular weight excluding hydrogens is 557 g/mol. The number of β-amino-alcohol motifs (C(OH)–C–C–N with tert-alkyl or cyclic N) is 2. The van der Waals surface area contributed by atoms with Crippen LogP contribution in [0.3, 0.4) is 0 Å². The molecule has 0 amide bonds. The lowest BCUT2D eigenvalue weighted by Crippen LogP contribution is -2.49. The number of benzene rings is 2. The molecule has 1 unspecified atom stereocenters. The van der Waals surface area contributed by atoms with E-state index in [0.717, 1.165) is 26.2 Å². The van der Waals surface area contributed by atoms with Crippen LogP contribution >= 0.6 is 28.3 Å². The third-order valence-corrected chi connectivity index (χ3v) is 6.38. The van der Waals surface area contributed by atoms with Crippen LogP contribution in [0.2, 0.25) is 0 Å². The van der Waals surface area contributed by atoms with Gasteiger partial charge in [0.05, 0.1) is 24.9 Å². The summed E-state index contributed by atoms with van der Waals surface area (Å²) < 4.78 is 26.4. The number of halogens is 3. The first-order valence-electron chi connectivity index (χ1n) is 11.4. The normalized spacial score (nSPS) is 15.4. The zero-order valence-electron chi connectivity index (χ0n) is 19.9. The van der Waals surface area contributed by atoms with Crippen LogP contribution in [0, 0.1) is 5.82 Å². The van der Waals surface area contributed by atoms with Gasteiger partial charge in [-0.25, -0.2) is 14.4 Å². The number of aromatic nitrogens is 2. The Morgan fingerprint density at radius 2 is 1.86 bits per heavy atom. The summed E-state index contributed by atoms with van der Waals surface area (Å²) in [5.41, 5.74) is 0.873. The van der Waals surface area contributed by atoms with E-state index in [0.29, 0.717) is 45.8 Å². The second-order valence-corrected chi connectivity index (χ2v) is 9.24. The predicted octanol–water partition coefficient (Wildman–Crippen LogP) is 3.06. The van der Waals surface area contributed by atoms with E-state index in [-0.39, 0.29) is 31.3 Å². The number of fused-ring (bicyclic) bond motifs is 1. The molecule has 3 N–H and O–H groups in total. The first-order chi connectivity index (χ1) is 17.0. The summed E-state index contributed by atoms with van der Waals surface area (Å²) in [6.45, 7) is 4.84. The van der Waals surface area contributed by atoms with Gasteiger partial charge in [0, 0.05) is 55.2 Å². The van der Waals surface area contributed by atoms with Crippen LogP contribution in [0.15, 0.2) is 41.1 Å². The molecule has 0 saturated carbocycles. The van der Waals surface area contributed by atoms with E-state index in [9.17, 15) is 9.50 Å². The van der Waals surface area contributed by atoms with Crippen molar-refractivity contribution in [2.45, 2.75) is 6.10 Å². The van der Waals surface area contributed by atoms with E-state index < -0.39 is 11.9 Å². The number of anilines is 2. The molecule has 1 aliphatic rings. The zero-order valence-corrected chi connectivity index (χ0v) is 22.3. The fourth-order valence-corrected chi connectivity index (χ4v) is 4.36. The van der Waals surface area contributed by atoms with Gasteiger partial charge in [-0.3, -0.25) is 9.80 Å². The maximum Gasteiger partial charge on any atom is 0.163 e. The second kappa shape index (κ2) is 13.3. The fraction of sp³-hybridized carbons (Fsp3) is 0.417. The molecule has 3 aromatic rings. The number of hydrogen-bond donors (Lipinski definition) is 3. The Morgan fingerprint density at radius 1 is 1.11 bits per heavy atom. The summed E-state index contributed by atoms with van der Waals surface area (Å²) in [5.74, 6) is 0.922. The molecule has 0 radical (unpaired) electrons. The molecule has 1 fully saturated rings. The molecule has 0 bridgehead atoms. The van der Waals surface area contributed by atoms with Crippen molar-refractivity contribution in [3.8, 4) is 11.5 Å². The van der Waals surface area contributed by atoms with Crippen molar-refractivity contribution in [1.82, 2.24) is 19.8 Å². The van der Waals surface area contributed by atoms with Crippen molar-refractivity contribution < 1.29 is 24.1 Å². The van der Waals surface area contributed by atoms with Crippen LogP contribution in [0.25, 0.3) is 10.9 Å². The fourth-order valence-electron chi connectivity index (χ4n) is 4.03. The van der Waals surface area contributed by atoms with Crippen molar-refractivity contribution in [1.29, 1.82) is 0 Å². The summed E-state index contributed by atoms with van der Waals surface area (Å²) >= 11 is 3.25. The molecule has 1 aromatic heterocycles. The average Bonchev–Trinajstić information content (AvgIpc) is 2.85. The lowest BCUT2D eigenvalue weighted by molar-refractivity contribution is 0.0423. The molecule has 4 rings (SSSR count). The molecule has 1 saturated heterocycles. The van der Waals surface area contributed by atoms with Gasteiger partial charge in [0.2, 0.25) is 0 Å². The number of ether oxygens (including phenoxy) is 2. The SMILES string of the molecule is COc1cc2c(Nc3ccc(Br)cc3F)ncnc2cc1OCC(O)CN1CCN(CCO)CC1.Cl. The van der Waals surface area contributed by atoms with E-state index in [1.54, 1.807) is 24.3 Å². The zero-order chi connectivity index (χ0) is 24.8. The van der Waals surface area contributed by atoms with E-state index in [4.69, 9.17) is 14.6 Å². The molecule has 1 aliphatic heterocycles.